The van der Waals surface area contributed by atoms with E-state index in [0.717, 1.165) is 11.1 Å². The second kappa shape index (κ2) is 5.56. The molecule has 0 bridgehead atoms. The van der Waals surface area contributed by atoms with Gasteiger partial charge in [-0.3, -0.25) is 4.79 Å². The van der Waals surface area contributed by atoms with E-state index in [1.54, 1.807) is 12.1 Å². The Morgan fingerprint density at radius 3 is 2.81 bits per heavy atom. The van der Waals surface area contributed by atoms with Crippen LogP contribution in [-0.2, 0) is 13.0 Å². The van der Waals surface area contributed by atoms with Gasteiger partial charge in [0.25, 0.3) is 0 Å². The van der Waals surface area contributed by atoms with Crippen LogP contribution in [0, 0.1) is 5.82 Å². The van der Waals surface area contributed by atoms with Crippen LogP contribution in [0.3, 0.4) is 0 Å². The van der Waals surface area contributed by atoms with Crippen molar-refractivity contribution in [3.05, 3.63) is 58.9 Å². The van der Waals surface area contributed by atoms with Gasteiger partial charge in [-0.2, -0.15) is 0 Å². The quantitative estimate of drug-likeness (QED) is 0.862. The van der Waals surface area contributed by atoms with E-state index in [1.165, 1.54) is 19.2 Å². The maximum atomic E-state index is 13.3. The van der Waals surface area contributed by atoms with Crippen LogP contribution in [0.1, 0.15) is 27.9 Å². The fraction of sp³-hybridized carbons (Fsp3) is 0.235. The summed E-state index contributed by atoms with van der Waals surface area (Å²) in [5, 5.41) is 0. The van der Waals surface area contributed by atoms with E-state index in [1.807, 2.05) is 12.1 Å². The van der Waals surface area contributed by atoms with Crippen molar-refractivity contribution in [3.63, 3.8) is 0 Å². The van der Waals surface area contributed by atoms with Gasteiger partial charge in [0.05, 0.1) is 7.11 Å². The molecular weight excluding hydrogens is 271 g/mol. The summed E-state index contributed by atoms with van der Waals surface area (Å²) in [7, 11) is 1.54. The van der Waals surface area contributed by atoms with Crippen LogP contribution in [-0.4, -0.2) is 12.9 Å². The molecule has 2 aromatic carbocycles. The Bertz CT molecular complexity index is 694. The number of carbonyl (C=O) groups excluding carboxylic acids is 1. The molecule has 3 rings (SSSR count). The molecule has 0 atom stereocenters. The molecule has 2 aromatic rings. The number of hydrogen-bond donors (Lipinski definition) is 0. The summed E-state index contributed by atoms with van der Waals surface area (Å²) in [6.07, 6.45) is 1.23. The zero-order chi connectivity index (χ0) is 14.8. The molecule has 0 saturated carbocycles. The zero-order valence-electron chi connectivity index (χ0n) is 11.7. The molecule has 4 heteroatoms. The second-order valence-corrected chi connectivity index (χ2v) is 4.95. The molecule has 108 valence electrons. The molecule has 0 N–H and O–H groups in total. The summed E-state index contributed by atoms with van der Waals surface area (Å²) >= 11 is 0. The monoisotopic (exact) mass is 286 g/mol. The second-order valence-electron chi connectivity index (χ2n) is 4.95. The predicted molar refractivity (Wildman–Crippen MR) is 76.4 cm³/mol. The van der Waals surface area contributed by atoms with Gasteiger partial charge in [0.1, 0.15) is 23.9 Å². The van der Waals surface area contributed by atoms with Crippen LogP contribution in [0.5, 0.6) is 11.5 Å². The number of carbonyl (C=O) groups is 1. The van der Waals surface area contributed by atoms with E-state index in [0.29, 0.717) is 29.9 Å². The maximum Gasteiger partial charge on any atom is 0.163 e. The lowest BCUT2D eigenvalue weighted by molar-refractivity contribution is 0.0994. The Labute approximate surface area is 122 Å². The fourth-order valence-corrected chi connectivity index (χ4v) is 2.61. The first-order chi connectivity index (χ1) is 10.2. The van der Waals surface area contributed by atoms with Crippen molar-refractivity contribution >= 4 is 5.78 Å². The van der Waals surface area contributed by atoms with Gasteiger partial charge >= 0.3 is 0 Å². The molecule has 0 saturated heterocycles. The number of hydrogen-bond acceptors (Lipinski definition) is 3. The van der Waals surface area contributed by atoms with Crippen molar-refractivity contribution in [2.24, 2.45) is 0 Å². The van der Waals surface area contributed by atoms with Crippen molar-refractivity contribution in [1.29, 1.82) is 0 Å². The highest BCUT2D eigenvalue weighted by molar-refractivity contribution is 6.01. The summed E-state index contributed by atoms with van der Waals surface area (Å²) in [5.74, 6) is 1.09. The molecule has 0 aliphatic heterocycles. The molecule has 0 unspecified atom stereocenters. The lowest BCUT2D eigenvalue weighted by Crippen LogP contribution is -2.01. The van der Waals surface area contributed by atoms with Gasteiger partial charge in [0.15, 0.2) is 5.78 Å². The van der Waals surface area contributed by atoms with Gasteiger partial charge in [-0.1, -0.05) is 12.1 Å². The first-order valence-corrected chi connectivity index (χ1v) is 6.79. The standard InChI is InChI=1S/C17H15FO3/c1-20-16-8-5-12(18)9-11(16)10-21-17-4-2-3-13-14(17)6-7-15(13)19/h2-5,8-9H,6-7,10H2,1H3. The highest BCUT2D eigenvalue weighted by atomic mass is 19.1. The van der Waals surface area contributed by atoms with E-state index in [9.17, 15) is 9.18 Å². The molecule has 1 aliphatic carbocycles. The molecule has 0 heterocycles. The summed E-state index contributed by atoms with van der Waals surface area (Å²) in [6, 6.07) is 9.78. The lowest BCUT2D eigenvalue weighted by atomic mass is 10.1. The SMILES string of the molecule is COc1ccc(F)cc1COc1cccc2c1CCC2=O. The number of benzene rings is 2. The van der Waals surface area contributed by atoms with E-state index in [4.69, 9.17) is 9.47 Å². The number of halogens is 1. The van der Waals surface area contributed by atoms with Crippen LogP contribution in [0.25, 0.3) is 0 Å². The molecule has 21 heavy (non-hydrogen) atoms. The van der Waals surface area contributed by atoms with Crippen LogP contribution in [0.15, 0.2) is 36.4 Å². The van der Waals surface area contributed by atoms with Gasteiger partial charge < -0.3 is 9.47 Å². The van der Waals surface area contributed by atoms with Crippen molar-refractivity contribution < 1.29 is 18.7 Å². The number of ketones is 1. The fourth-order valence-electron chi connectivity index (χ4n) is 2.61. The molecule has 3 nitrogen and oxygen atoms in total. The third kappa shape index (κ3) is 2.61. The van der Waals surface area contributed by atoms with Crippen LogP contribution in [0.4, 0.5) is 4.39 Å². The molecular formula is C17H15FO3. The smallest absolute Gasteiger partial charge is 0.163 e. The minimum absolute atomic E-state index is 0.152. The Kier molecular flexibility index (Phi) is 3.60. The Morgan fingerprint density at radius 1 is 1.14 bits per heavy atom. The van der Waals surface area contributed by atoms with E-state index in [-0.39, 0.29) is 18.2 Å². The Balaban J connectivity index is 1.83. The zero-order valence-corrected chi connectivity index (χ0v) is 11.7. The Hall–Kier alpha value is -2.36. The minimum Gasteiger partial charge on any atom is -0.496 e. The average molecular weight is 286 g/mol. The highest BCUT2D eigenvalue weighted by Crippen LogP contribution is 2.31. The van der Waals surface area contributed by atoms with Gasteiger partial charge in [-0.25, -0.2) is 4.39 Å². The van der Waals surface area contributed by atoms with Crippen molar-refractivity contribution in [3.8, 4) is 11.5 Å². The number of ether oxygens (including phenoxy) is 2. The maximum absolute atomic E-state index is 13.3. The number of fused-ring (bicyclic) bond motifs is 1. The van der Waals surface area contributed by atoms with Crippen molar-refractivity contribution in [2.45, 2.75) is 19.4 Å². The summed E-state index contributed by atoms with van der Waals surface area (Å²) in [6.45, 7) is 0.200. The van der Waals surface area contributed by atoms with Crippen molar-refractivity contribution in [1.82, 2.24) is 0 Å². The normalized spacial score (nSPS) is 13.1. The average Bonchev–Trinajstić information content (AvgIpc) is 2.87. The third-order valence-corrected chi connectivity index (χ3v) is 3.66. The van der Waals surface area contributed by atoms with Crippen LogP contribution < -0.4 is 9.47 Å². The highest BCUT2D eigenvalue weighted by Gasteiger charge is 2.22. The lowest BCUT2D eigenvalue weighted by Gasteiger charge is -2.12. The van der Waals surface area contributed by atoms with Gasteiger partial charge in [-0.05, 0) is 30.7 Å². The number of rotatable bonds is 4. The van der Waals surface area contributed by atoms with Crippen LogP contribution in [0.2, 0.25) is 0 Å². The topological polar surface area (TPSA) is 35.5 Å². The molecule has 0 radical (unpaired) electrons. The first kappa shape index (κ1) is 13.6. The molecule has 0 amide bonds. The van der Waals surface area contributed by atoms with E-state index >= 15 is 0 Å². The predicted octanol–water partition coefficient (Wildman–Crippen LogP) is 3.54. The van der Waals surface area contributed by atoms with Crippen molar-refractivity contribution in [2.75, 3.05) is 7.11 Å². The first-order valence-electron chi connectivity index (χ1n) is 6.79. The van der Waals surface area contributed by atoms with E-state index in [2.05, 4.69) is 0 Å². The van der Waals surface area contributed by atoms with Gasteiger partial charge in [0.2, 0.25) is 0 Å². The third-order valence-electron chi connectivity index (χ3n) is 3.66. The summed E-state index contributed by atoms with van der Waals surface area (Å²) in [4.78, 5) is 11.7. The molecule has 1 aliphatic rings. The van der Waals surface area contributed by atoms with Crippen LogP contribution >= 0.6 is 0 Å². The summed E-state index contributed by atoms with van der Waals surface area (Å²) < 4.78 is 24.3. The largest absolute Gasteiger partial charge is 0.496 e. The number of methoxy groups -OCH3 is 1. The Morgan fingerprint density at radius 2 is 2.00 bits per heavy atom. The molecule has 0 fully saturated rings. The number of Topliss-reactive ketones (excluding diaryl/α,β-unsaturated/α-hetero) is 1. The van der Waals surface area contributed by atoms with E-state index < -0.39 is 0 Å². The van der Waals surface area contributed by atoms with Gasteiger partial charge in [-0.15, -0.1) is 0 Å². The molecule has 0 aromatic heterocycles. The minimum atomic E-state index is -0.331. The molecule has 0 spiro atoms. The summed E-state index contributed by atoms with van der Waals surface area (Å²) in [5.41, 5.74) is 2.32. The van der Waals surface area contributed by atoms with Gasteiger partial charge in [0, 0.05) is 23.1 Å².